The van der Waals surface area contributed by atoms with Crippen molar-refractivity contribution in [1.82, 2.24) is 20.4 Å². The normalized spacial score (nSPS) is 11.2. The molecule has 0 radical (unpaired) electrons. The molecule has 4 rings (SSSR count). The molecule has 13 heteroatoms. The van der Waals surface area contributed by atoms with Crippen LogP contribution in [0.2, 0.25) is 0 Å². The quantitative estimate of drug-likeness (QED) is 0.131. The zero-order valence-corrected chi connectivity index (χ0v) is 20.2. The van der Waals surface area contributed by atoms with Gasteiger partial charge in [0.2, 0.25) is 5.13 Å². The zero-order valence-electron chi connectivity index (χ0n) is 18.5. The third-order valence-electron chi connectivity index (χ3n) is 4.55. The number of hydrogen-bond acceptors (Lipinski definition) is 8. The molecule has 0 spiro atoms. The first-order valence-corrected chi connectivity index (χ1v) is 12.3. The molecule has 184 valence electrons. The third-order valence-corrected chi connectivity index (χ3v) is 6.52. The van der Waals surface area contributed by atoms with E-state index in [-0.39, 0.29) is 18.1 Å². The summed E-state index contributed by atoms with van der Waals surface area (Å²) in [5.74, 6) is -0.842. The van der Waals surface area contributed by atoms with Crippen LogP contribution in [0.1, 0.15) is 6.42 Å². The fourth-order valence-electron chi connectivity index (χ4n) is 2.89. The maximum atomic E-state index is 12.9. The monoisotopic (exact) mass is 528 g/mol. The fraction of sp³-hybridized carbons (Fsp3) is 0.0870. The molecule has 0 amide bonds. The van der Waals surface area contributed by atoms with Gasteiger partial charge in [-0.2, -0.15) is 13.8 Å². The molecule has 0 aliphatic rings. The second-order valence-corrected chi connectivity index (χ2v) is 9.39. The van der Waals surface area contributed by atoms with Gasteiger partial charge in [0.15, 0.2) is 21.9 Å². The van der Waals surface area contributed by atoms with Crippen LogP contribution in [0.25, 0.3) is 11.3 Å². The summed E-state index contributed by atoms with van der Waals surface area (Å²) in [6, 6.07) is 20.4. The highest BCUT2D eigenvalue weighted by atomic mass is 32.2. The van der Waals surface area contributed by atoms with Crippen LogP contribution in [0.3, 0.4) is 0 Å². The first-order valence-electron chi connectivity index (χ1n) is 10.5. The number of aromatic nitrogens is 4. The first kappa shape index (κ1) is 25.1. The molecule has 36 heavy (non-hydrogen) atoms. The van der Waals surface area contributed by atoms with Crippen LogP contribution in [0.5, 0.6) is 0 Å². The van der Waals surface area contributed by atoms with E-state index in [1.54, 1.807) is 12.1 Å². The molecular weight excluding hydrogens is 509 g/mol. The zero-order chi connectivity index (χ0) is 25.3. The number of rotatable bonds is 9. The Morgan fingerprint density at radius 1 is 0.889 bits per heavy atom. The highest BCUT2D eigenvalue weighted by Crippen LogP contribution is 2.31. The van der Waals surface area contributed by atoms with Crippen molar-refractivity contribution < 1.29 is 13.2 Å². The van der Waals surface area contributed by atoms with E-state index in [0.717, 1.165) is 23.0 Å². The minimum atomic E-state index is -2.29. The van der Waals surface area contributed by atoms with E-state index >= 15 is 0 Å². The van der Waals surface area contributed by atoms with E-state index in [4.69, 9.17) is 5.73 Å². The van der Waals surface area contributed by atoms with Gasteiger partial charge < -0.3 is 16.4 Å². The Kier molecular flexibility index (Phi) is 8.47. The van der Waals surface area contributed by atoms with Crippen LogP contribution < -0.4 is 16.4 Å². The predicted molar refractivity (Wildman–Crippen MR) is 138 cm³/mol. The number of benzene rings is 2. The molecule has 2 heterocycles. The van der Waals surface area contributed by atoms with Crippen LogP contribution in [-0.4, -0.2) is 32.1 Å². The van der Waals surface area contributed by atoms with Crippen molar-refractivity contribution in [1.29, 1.82) is 0 Å². The summed E-state index contributed by atoms with van der Waals surface area (Å²) in [5.41, 5.74) is 9.03. The fourth-order valence-corrected chi connectivity index (χ4v) is 4.66. The number of halogens is 3. The second-order valence-electron chi connectivity index (χ2n) is 7.07. The number of nitrogens with one attached hydrogen (secondary N) is 2. The molecule has 0 atom stereocenters. The highest BCUT2D eigenvalue weighted by molar-refractivity contribution is 8.01. The molecule has 0 saturated heterocycles. The number of nitrogens with two attached hydrogens (primary N) is 1. The third kappa shape index (κ3) is 7.02. The maximum Gasteiger partial charge on any atom is 0.301 e. The van der Waals surface area contributed by atoms with Gasteiger partial charge in [0.25, 0.3) is 0 Å². The van der Waals surface area contributed by atoms with Gasteiger partial charge in [0.05, 0.1) is 17.1 Å². The second kappa shape index (κ2) is 12.1. The van der Waals surface area contributed by atoms with Crippen LogP contribution >= 0.6 is 23.1 Å². The van der Waals surface area contributed by atoms with Crippen LogP contribution in [0.4, 0.5) is 35.5 Å². The summed E-state index contributed by atoms with van der Waals surface area (Å²) in [6.45, 7) is 0. The van der Waals surface area contributed by atoms with Gasteiger partial charge in [-0.05, 0) is 24.3 Å². The summed E-state index contributed by atoms with van der Waals surface area (Å²) >= 11 is 2.36. The number of nitrogens with zero attached hydrogens (tertiary/aromatic N) is 5. The predicted octanol–water partition coefficient (Wildman–Crippen LogP) is 6.36. The van der Waals surface area contributed by atoms with Crippen LogP contribution in [0.15, 0.2) is 88.0 Å². The van der Waals surface area contributed by atoms with Crippen molar-refractivity contribution in [2.45, 2.75) is 10.8 Å². The number of guanidine groups is 1. The first-order chi connectivity index (χ1) is 17.5. The van der Waals surface area contributed by atoms with Gasteiger partial charge in [-0.25, -0.2) is 4.39 Å². The van der Waals surface area contributed by atoms with Crippen molar-refractivity contribution >= 4 is 51.4 Å². The van der Waals surface area contributed by atoms with E-state index < -0.39 is 11.9 Å². The van der Waals surface area contributed by atoms with Gasteiger partial charge in [-0.1, -0.05) is 65.6 Å². The van der Waals surface area contributed by atoms with Crippen molar-refractivity contribution in [2.24, 2.45) is 10.7 Å². The molecule has 0 saturated carbocycles. The average molecular weight is 529 g/mol. The van der Waals surface area contributed by atoms with Crippen molar-refractivity contribution in [3.05, 3.63) is 78.6 Å². The summed E-state index contributed by atoms with van der Waals surface area (Å²) < 4.78 is 37.8. The maximum absolute atomic E-state index is 12.9. The van der Waals surface area contributed by atoms with Gasteiger partial charge in [-0.3, -0.25) is 0 Å². The van der Waals surface area contributed by atoms with Crippen LogP contribution in [0, 0.1) is 0 Å². The minimum Gasteiger partial charge on any atom is -0.369 e. The summed E-state index contributed by atoms with van der Waals surface area (Å²) in [6.07, 6.45) is -2.67. The van der Waals surface area contributed by atoms with Gasteiger partial charge in [0, 0.05) is 17.7 Å². The van der Waals surface area contributed by atoms with E-state index in [2.05, 4.69) is 36.0 Å². The van der Waals surface area contributed by atoms with E-state index in [9.17, 15) is 13.2 Å². The molecule has 0 bridgehead atoms. The van der Waals surface area contributed by atoms with Crippen LogP contribution in [-0.2, 0) is 0 Å². The number of para-hydroxylation sites is 2. The van der Waals surface area contributed by atoms with E-state index in [1.165, 1.54) is 11.3 Å². The Hall–Kier alpha value is -3.97. The number of hydrogen-bond donors (Lipinski definition) is 3. The lowest BCUT2D eigenvalue weighted by atomic mass is 10.1. The van der Waals surface area contributed by atoms with E-state index in [0.29, 0.717) is 26.7 Å². The molecule has 0 aliphatic carbocycles. The summed E-state index contributed by atoms with van der Waals surface area (Å²) in [5, 5.41) is 23.0. The largest absolute Gasteiger partial charge is 0.369 e. The number of thioether (sulfide) groups is 1. The Labute approximate surface area is 212 Å². The Morgan fingerprint density at radius 2 is 1.64 bits per heavy atom. The Bertz CT molecular complexity index is 1360. The molecule has 0 unspecified atom stereocenters. The summed E-state index contributed by atoms with van der Waals surface area (Å²) in [7, 11) is 0. The van der Waals surface area contributed by atoms with Crippen molar-refractivity contribution in [3.8, 4) is 11.3 Å². The summed E-state index contributed by atoms with van der Waals surface area (Å²) in [4.78, 5) is 4.27. The van der Waals surface area contributed by atoms with Gasteiger partial charge in [-0.15, -0.1) is 20.4 Å². The lowest BCUT2D eigenvalue weighted by Crippen LogP contribution is -2.22. The van der Waals surface area contributed by atoms with Gasteiger partial charge >= 0.3 is 6.08 Å². The molecule has 0 aliphatic heterocycles. The molecule has 4 N–H and O–H groups in total. The van der Waals surface area contributed by atoms with E-state index in [1.807, 2.05) is 54.6 Å². The topological polar surface area (TPSA) is 114 Å². The number of anilines is 3. The minimum absolute atomic E-state index is 0.106. The van der Waals surface area contributed by atoms with Crippen molar-refractivity contribution in [2.75, 3.05) is 16.4 Å². The number of allylic oxidation sites excluding steroid dienone is 1. The highest BCUT2D eigenvalue weighted by Gasteiger charge is 2.10. The molecule has 0 fully saturated rings. The lowest BCUT2D eigenvalue weighted by Gasteiger charge is -2.11. The Balaban J connectivity index is 1.39. The standard InChI is InChI=1S/C23H19F3N8S2/c24-15(20(25)26)12-13-35-23-34-33-22(36-23)29-18-9-5-4-8-17(18)28-21(27)30-19-11-10-16(31-32-19)14-6-2-1-3-7-14/h1-11H,12-13H2,(H,29,33)(H3,27,28,30,32). The lowest BCUT2D eigenvalue weighted by molar-refractivity contribution is 0.373. The molecular formula is C23H19F3N8S2. The van der Waals surface area contributed by atoms with Crippen molar-refractivity contribution in [3.63, 3.8) is 0 Å². The molecule has 2 aromatic carbocycles. The Morgan fingerprint density at radius 3 is 2.36 bits per heavy atom. The smallest absolute Gasteiger partial charge is 0.301 e. The average Bonchev–Trinajstić information content (AvgIpc) is 3.33. The molecule has 4 aromatic rings. The molecule has 2 aromatic heterocycles. The SMILES string of the molecule is NC(=Nc1ccc(-c2ccccc2)nn1)Nc1ccccc1Nc1nnc(SCCC(F)=C(F)F)s1. The number of aliphatic imine (C=N–C) groups is 1. The van der Waals surface area contributed by atoms with Gasteiger partial charge in [0.1, 0.15) is 0 Å². The molecule has 8 nitrogen and oxygen atoms in total.